The van der Waals surface area contributed by atoms with Gasteiger partial charge in [0.15, 0.2) is 0 Å². The Labute approximate surface area is 83.2 Å². The van der Waals surface area contributed by atoms with Crippen LogP contribution in [-0.2, 0) is 28.6 Å². The fraction of sp³-hybridized carbons (Fsp3) is 1.00. The molecule has 1 fully saturated rings. The molecule has 1 aliphatic rings. The minimum Gasteiger partial charge on any atom is -0.223 e. The molecule has 1 aliphatic heterocycles. The summed E-state index contributed by atoms with van der Waals surface area (Å²) in [5.41, 5.74) is 0. The first-order chi connectivity index (χ1) is 6.37. The van der Waals surface area contributed by atoms with E-state index < -0.39 is 37.3 Å². The van der Waals surface area contributed by atoms with Crippen LogP contribution in [0.15, 0.2) is 0 Å². The topological polar surface area (TPSA) is 86.7 Å². The Hall–Kier alpha value is -0.390. The lowest BCUT2D eigenvalue weighted by molar-refractivity contribution is -0.313. The van der Waals surface area contributed by atoms with Crippen molar-refractivity contribution in [3.05, 3.63) is 0 Å². The molecule has 0 saturated carbocycles. The van der Waals surface area contributed by atoms with Crippen LogP contribution in [0.25, 0.3) is 0 Å². The maximum atomic E-state index is 12.2. The maximum absolute atomic E-state index is 12.2. The van der Waals surface area contributed by atoms with Gasteiger partial charge in [-0.1, -0.05) is 0 Å². The fourth-order valence-corrected chi connectivity index (χ4v) is 3.89. The Bertz CT molecular complexity index is 425. The summed E-state index contributed by atoms with van der Waals surface area (Å²) in [6, 6.07) is 0. The molecule has 15 heavy (non-hydrogen) atoms. The number of halogens is 3. The van der Waals surface area contributed by atoms with Crippen molar-refractivity contribution in [1.82, 2.24) is 0 Å². The summed E-state index contributed by atoms with van der Waals surface area (Å²) in [7, 11) is -9.63. The van der Waals surface area contributed by atoms with Crippen molar-refractivity contribution in [1.29, 1.82) is 0 Å². The van der Waals surface area contributed by atoms with Crippen LogP contribution in [0.3, 0.4) is 0 Å². The van der Waals surface area contributed by atoms with Crippen LogP contribution in [0, 0.1) is 0 Å². The van der Waals surface area contributed by atoms with E-state index in [-0.39, 0.29) is 6.92 Å². The van der Waals surface area contributed by atoms with Crippen LogP contribution in [0.4, 0.5) is 13.2 Å². The average molecular weight is 270 g/mol. The summed E-state index contributed by atoms with van der Waals surface area (Å²) in [6.07, 6.45) is -5.28. The molecule has 0 spiro atoms. The van der Waals surface area contributed by atoms with Crippen LogP contribution >= 0.6 is 0 Å². The monoisotopic (exact) mass is 270 g/mol. The Kier molecular flexibility index (Phi) is 2.58. The highest BCUT2D eigenvalue weighted by molar-refractivity contribution is 8.04. The number of hydrogen-bond acceptors (Lipinski definition) is 6. The van der Waals surface area contributed by atoms with Gasteiger partial charge in [0.1, 0.15) is 0 Å². The molecule has 0 aromatic heterocycles. The number of alkyl halides is 3. The van der Waals surface area contributed by atoms with Gasteiger partial charge in [0.25, 0.3) is 26.0 Å². The summed E-state index contributed by atoms with van der Waals surface area (Å²) in [5, 5.41) is -1.63. The standard InChI is InChI=1S/C4H5F3O6S2/c1-3(4(5,6)7)12-14(8,9)2-15(10,11)13-3/h2H2,1H3. The third-order valence-corrected chi connectivity index (χ3v) is 4.83. The first-order valence-corrected chi connectivity index (χ1v) is 6.46. The first kappa shape index (κ1) is 12.7. The first-order valence-electron chi connectivity index (χ1n) is 3.30. The van der Waals surface area contributed by atoms with Crippen LogP contribution in [-0.4, -0.2) is 33.9 Å². The zero-order valence-corrected chi connectivity index (χ0v) is 8.74. The molecule has 0 unspecified atom stereocenters. The Morgan fingerprint density at radius 1 is 1.07 bits per heavy atom. The van der Waals surface area contributed by atoms with Gasteiger partial charge in [0.05, 0.1) is 0 Å². The molecular formula is C4H5F3O6S2. The highest BCUT2D eigenvalue weighted by atomic mass is 32.3. The molecule has 1 saturated heterocycles. The van der Waals surface area contributed by atoms with Crippen molar-refractivity contribution in [2.24, 2.45) is 0 Å². The zero-order chi connectivity index (χ0) is 12.1. The van der Waals surface area contributed by atoms with Gasteiger partial charge in [-0.05, 0) is 0 Å². The fourth-order valence-electron chi connectivity index (χ4n) is 0.818. The van der Waals surface area contributed by atoms with Crippen LogP contribution in [0.1, 0.15) is 6.92 Å². The molecule has 0 atom stereocenters. The van der Waals surface area contributed by atoms with E-state index in [9.17, 15) is 30.0 Å². The molecule has 0 aliphatic carbocycles. The molecular weight excluding hydrogens is 265 g/mol. The smallest absolute Gasteiger partial charge is 0.223 e. The van der Waals surface area contributed by atoms with E-state index in [2.05, 4.69) is 8.37 Å². The van der Waals surface area contributed by atoms with Crippen molar-refractivity contribution < 1.29 is 38.4 Å². The van der Waals surface area contributed by atoms with E-state index in [1.165, 1.54) is 0 Å². The largest absolute Gasteiger partial charge is 0.445 e. The molecule has 1 heterocycles. The SMILES string of the molecule is CC1(C(F)(F)F)OS(=O)(=O)CS(=O)(=O)O1. The molecule has 11 heteroatoms. The Morgan fingerprint density at radius 2 is 1.40 bits per heavy atom. The molecule has 6 nitrogen and oxygen atoms in total. The zero-order valence-electron chi connectivity index (χ0n) is 7.11. The molecule has 0 aromatic rings. The predicted octanol–water partition coefficient (Wildman–Crippen LogP) is -0.0712. The Morgan fingerprint density at radius 3 is 1.67 bits per heavy atom. The van der Waals surface area contributed by atoms with Gasteiger partial charge in [-0.3, -0.25) is 0 Å². The molecule has 0 radical (unpaired) electrons. The van der Waals surface area contributed by atoms with E-state index in [0.29, 0.717) is 0 Å². The summed E-state index contributed by atoms with van der Waals surface area (Å²) < 4.78 is 86.9. The molecule has 1 rings (SSSR count). The maximum Gasteiger partial charge on any atom is 0.445 e. The molecule has 90 valence electrons. The summed E-state index contributed by atoms with van der Waals surface area (Å²) in [6.45, 7) is 0.168. The third kappa shape index (κ3) is 2.59. The predicted molar refractivity (Wildman–Crippen MR) is 39.3 cm³/mol. The lowest BCUT2D eigenvalue weighted by atomic mass is 10.3. The van der Waals surface area contributed by atoms with Crippen LogP contribution in [0.2, 0.25) is 0 Å². The normalized spacial score (nSPS) is 28.5. The van der Waals surface area contributed by atoms with E-state index >= 15 is 0 Å². The quantitative estimate of drug-likeness (QED) is 0.573. The van der Waals surface area contributed by atoms with Gasteiger partial charge < -0.3 is 0 Å². The molecule has 0 N–H and O–H groups in total. The third-order valence-electron chi connectivity index (χ3n) is 1.38. The molecule has 0 bridgehead atoms. The summed E-state index contributed by atoms with van der Waals surface area (Å²) >= 11 is 0. The Balaban J connectivity index is 3.27. The summed E-state index contributed by atoms with van der Waals surface area (Å²) in [4.78, 5) is 0. The van der Waals surface area contributed by atoms with E-state index in [1.54, 1.807) is 0 Å². The second-order valence-electron chi connectivity index (χ2n) is 2.84. The van der Waals surface area contributed by atoms with Crippen LogP contribution < -0.4 is 0 Å². The van der Waals surface area contributed by atoms with Gasteiger partial charge in [0, 0.05) is 6.92 Å². The highest BCUT2D eigenvalue weighted by Crippen LogP contribution is 2.39. The van der Waals surface area contributed by atoms with Gasteiger partial charge in [-0.2, -0.15) is 30.0 Å². The van der Waals surface area contributed by atoms with Gasteiger partial charge in [0.2, 0.25) is 5.08 Å². The average Bonchev–Trinajstić information content (AvgIpc) is 1.72. The van der Waals surface area contributed by atoms with E-state index in [1.807, 2.05) is 0 Å². The minimum absolute atomic E-state index is 0.168. The van der Waals surface area contributed by atoms with Crippen LogP contribution in [0.5, 0.6) is 0 Å². The van der Waals surface area contributed by atoms with Crippen molar-refractivity contribution >= 4 is 20.2 Å². The second kappa shape index (κ2) is 3.06. The van der Waals surface area contributed by atoms with Crippen molar-refractivity contribution in [2.45, 2.75) is 18.9 Å². The molecule has 0 aromatic carbocycles. The second-order valence-corrected chi connectivity index (χ2v) is 6.35. The van der Waals surface area contributed by atoms with Gasteiger partial charge >= 0.3 is 6.18 Å². The van der Waals surface area contributed by atoms with Gasteiger partial charge in [-0.25, -0.2) is 8.37 Å². The lowest BCUT2D eigenvalue weighted by Gasteiger charge is -2.32. The lowest BCUT2D eigenvalue weighted by Crippen LogP contribution is -2.54. The highest BCUT2D eigenvalue weighted by Gasteiger charge is 2.62. The van der Waals surface area contributed by atoms with E-state index in [0.717, 1.165) is 0 Å². The molecule has 0 amide bonds. The number of hydrogen-bond donors (Lipinski definition) is 0. The van der Waals surface area contributed by atoms with Gasteiger partial charge in [-0.15, -0.1) is 0 Å². The van der Waals surface area contributed by atoms with Crippen molar-refractivity contribution in [2.75, 3.05) is 5.08 Å². The van der Waals surface area contributed by atoms with Crippen molar-refractivity contribution in [3.63, 3.8) is 0 Å². The summed E-state index contributed by atoms with van der Waals surface area (Å²) in [5.74, 6) is -3.69. The number of rotatable bonds is 0. The van der Waals surface area contributed by atoms with Crippen molar-refractivity contribution in [3.8, 4) is 0 Å². The van der Waals surface area contributed by atoms with E-state index in [4.69, 9.17) is 0 Å². The minimum atomic E-state index is -5.28.